The zero-order valence-corrected chi connectivity index (χ0v) is 12.4. The molecule has 0 aromatic rings. The van der Waals surface area contributed by atoms with Gasteiger partial charge in [-0.3, -0.25) is 4.79 Å². The van der Waals surface area contributed by atoms with Crippen LogP contribution in [0.25, 0.3) is 0 Å². The van der Waals surface area contributed by atoms with Crippen molar-refractivity contribution in [3.8, 4) is 0 Å². The number of halogens is 1. The van der Waals surface area contributed by atoms with Crippen molar-refractivity contribution in [3.05, 3.63) is 0 Å². The highest BCUT2D eigenvalue weighted by molar-refractivity contribution is 6.18. The second-order valence-electron chi connectivity index (χ2n) is 6.78. The number of rotatable bonds is 4. The Morgan fingerprint density at radius 3 is 2.56 bits per heavy atom. The van der Waals surface area contributed by atoms with Gasteiger partial charge in [-0.2, -0.15) is 0 Å². The molecule has 18 heavy (non-hydrogen) atoms. The van der Waals surface area contributed by atoms with Crippen LogP contribution in [0.15, 0.2) is 0 Å². The van der Waals surface area contributed by atoms with Crippen LogP contribution < -0.4 is 5.32 Å². The number of amides is 1. The van der Waals surface area contributed by atoms with Crippen LogP contribution in [0, 0.1) is 23.2 Å². The lowest BCUT2D eigenvalue weighted by Crippen LogP contribution is -2.39. The van der Waals surface area contributed by atoms with Crippen molar-refractivity contribution in [2.75, 3.05) is 12.4 Å². The van der Waals surface area contributed by atoms with Crippen molar-refractivity contribution in [2.45, 2.75) is 52.4 Å². The Hall–Kier alpha value is -0.240. The fourth-order valence-corrected chi connectivity index (χ4v) is 4.16. The third-order valence-electron chi connectivity index (χ3n) is 5.13. The maximum atomic E-state index is 12.3. The Bertz CT molecular complexity index is 303. The lowest BCUT2D eigenvalue weighted by Gasteiger charge is -2.27. The van der Waals surface area contributed by atoms with Gasteiger partial charge in [0.1, 0.15) is 0 Å². The van der Waals surface area contributed by atoms with Gasteiger partial charge in [0, 0.05) is 18.3 Å². The van der Waals surface area contributed by atoms with E-state index in [0.29, 0.717) is 11.8 Å². The van der Waals surface area contributed by atoms with Gasteiger partial charge in [-0.05, 0) is 42.9 Å². The summed E-state index contributed by atoms with van der Waals surface area (Å²) in [6.07, 6.45) is 7.16. The molecule has 3 atom stereocenters. The summed E-state index contributed by atoms with van der Waals surface area (Å²) in [7, 11) is 0. The number of alkyl halides is 1. The quantitative estimate of drug-likeness (QED) is 0.778. The lowest BCUT2D eigenvalue weighted by molar-refractivity contribution is -0.127. The van der Waals surface area contributed by atoms with Crippen LogP contribution >= 0.6 is 11.6 Å². The molecule has 0 spiro atoms. The molecule has 0 aliphatic heterocycles. The first-order valence-electron chi connectivity index (χ1n) is 7.38. The maximum absolute atomic E-state index is 12.3. The summed E-state index contributed by atoms with van der Waals surface area (Å²) in [5, 5.41) is 3.19. The molecule has 2 fully saturated rings. The SMILES string of the molecule is CC1(C)CCCC1C(=O)NCC1CCCC1CCl. The van der Waals surface area contributed by atoms with Crippen LogP contribution in [0.2, 0.25) is 0 Å². The predicted molar refractivity (Wildman–Crippen MR) is 75.7 cm³/mol. The van der Waals surface area contributed by atoms with Gasteiger partial charge in [0.2, 0.25) is 5.91 Å². The minimum atomic E-state index is 0.186. The summed E-state index contributed by atoms with van der Waals surface area (Å²) in [5.41, 5.74) is 0.186. The van der Waals surface area contributed by atoms with Crippen molar-refractivity contribution in [1.82, 2.24) is 5.32 Å². The molecule has 2 aliphatic rings. The maximum Gasteiger partial charge on any atom is 0.223 e. The third-order valence-corrected chi connectivity index (χ3v) is 5.52. The summed E-state index contributed by atoms with van der Waals surface area (Å²) >= 11 is 5.98. The van der Waals surface area contributed by atoms with Crippen molar-refractivity contribution < 1.29 is 4.79 Å². The van der Waals surface area contributed by atoms with Gasteiger partial charge in [-0.15, -0.1) is 11.6 Å². The standard InChI is InChI=1S/C15H26ClNO/c1-15(2)8-4-7-13(15)14(18)17-10-12-6-3-5-11(12)9-16/h11-13H,3-10H2,1-2H3,(H,17,18). The van der Waals surface area contributed by atoms with Gasteiger partial charge < -0.3 is 5.32 Å². The second kappa shape index (κ2) is 5.81. The molecule has 0 aromatic carbocycles. The molecule has 0 saturated heterocycles. The number of hydrogen-bond donors (Lipinski definition) is 1. The fourth-order valence-electron chi connectivity index (χ4n) is 3.75. The molecule has 0 bridgehead atoms. The molecule has 2 saturated carbocycles. The molecule has 3 heteroatoms. The van der Waals surface area contributed by atoms with Crippen LogP contribution in [-0.2, 0) is 4.79 Å². The Kier molecular flexibility index (Phi) is 4.58. The number of hydrogen-bond acceptors (Lipinski definition) is 1. The summed E-state index contributed by atoms with van der Waals surface area (Å²) < 4.78 is 0. The van der Waals surface area contributed by atoms with Gasteiger partial charge in [-0.25, -0.2) is 0 Å². The van der Waals surface area contributed by atoms with E-state index in [2.05, 4.69) is 19.2 Å². The summed E-state index contributed by atoms with van der Waals surface area (Å²) in [4.78, 5) is 12.3. The van der Waals surface area contributed by atoms with Crippen molar-refractivity contribution in [2.24, 2.45) is 23.2 Å². The van der Waals surface area contributed by atoms with Crippen LogP contribution in [0.5, 0.6) is 0 Å². The number of nitrogens with one attached hydrogen (secondary N) is 1. The normalized spacial score (nSPS) is 34.7. The van der Waals surface area contributed by atoms with E-state index in [-0.39, 0.29) is 17.2 Å². The molecule has 2 rings (SSSR count). The molecule has 0 heterocycles. The Balaban J connectivity index is 1.81. The number of carbonyl (C=O) groups excluding carboxylic acids is 1. The van der Waals surface area contributed by atoms with E-state index in [0.717, 1.165) is 18.8 Å². The van der Waals surface area contributed by atoms with E-state index in [1.54, 1.807) is 0 Å². The van der Waals surface area contributed by atoms with E-state index in [1.165, 1.54) is 32.1 Å². The zero-order chi connectivity index (χ0) is 13.2. The third kappa shape index (κ3) is 3.01. The molecule has 2 nitrogen and oxygen atoms in total. The molecule has 0 radical (unpaired) electrons. The van der Waals surface area contributed by atoms with Crippen molar-refractivity contribution in [3.63, 3.8) is 0 Å². The van der Waals surface area contributed by atoms with Crippen LogP contribution in [0.4, 0.5) is 0 Å². The average molecular weight is 272 g/mol. The number of carbonyl (C=O) groups is 1. The average Bonchev–Trinajstić information content (AvgIpc) is 2.91. The fraction of sp³-hybridized carbons (Fsp3) is 0.933. The summed E-state index contributed by atoms with van der Waals surface area (Å²) in [5.74, 6) is 2.46. The topological polar surface area (TPSA) is 29.1 Å². The van der Waals surface area contributed by atoms with Crippen LogP contribution in [0.3, 0.4) is 0 Å². The first-order valence-corrected chi connectivity index (χ1v) is 7.91. The second-order valence-corrected chi connectivity index (χ2v) is 7.09. The molecule has 1 amide bonds. The Morgan fingerprint density at radius 1 is 1.22 bits per heavy atom. The highest BCUT2D eigenvalue weighted by Crippen LogP contribution is 2.42. The molecule has 104 valence electrons. The van der Waals surface area contributed by atoms with E-state index >= 15 is 0 Å². The minimum absolute atomic E-state index is 0.186. The van der Waals surface area contributed by atoms with E-state index < -0.39 is 0 Å². The first-order chi connectivity index (χ1) is 8.54. The van der Waals surface area contributed by atoms with E-state index in [4.69, 9.17) is 11.6 Å². The Labute approximate surface area is 116 Å². The van der Waals surface area contributed by atoms with Crippen LogP contribution in [-0.4, -0.2) is 18.3 Å². The highest BCUT2D eigenvalue weighted by Gasteiger charge is 2.39. The van der Waals surface area contributed by atoms with Crippen molar-refractivity contribution >= 4 is 17.5 Å². The molecule has 3 unspecified atom stereocenters. The molecule has 2 aliphatic carbocycles. The van der Waals surface area contributed by atoms with Crippen LogP contribution in [0.1, 0.15) is 52.4 Å². The molecular weight excluding hydrogens is 246 g/mol. The van der Waals surface area contributed by atoms with Gasteiger partial charge in [-0.1, -0.05) is 26.7 Å². The van der Waals surface area contributed by atoms with Gasteiger partial charge in [0.15, 0.2) is 0 Å². The van der Waals surface area contributed by atoms with Gasteiger partial charge in [0.05, 0.1) is 0 Å². The summed E-state index contributed by atoms with van der Waals surface area (Å²) in [6, 6.07) is 0. The monoisotopic (exact) mass is 271 g/mol. The molecule has 0 aromatic heterocycles. The molecule has 1 N–H and O–H groups in total. The predicted octanol–water partition coefficient (Wildman–Crippen LogP) is 3.58. The van der Waals surface area contributed by atoms with Crippen molar-refractivity contribution in [1.29, 1.82) is 0 Å². The molecular formula is C15H26ClNO. The van der Waals surface area contributed by atoms with E-state index in [9.17, 15) is 4.79 Å². The van der Waals surface area contributed by atoms with Gasteiger partial charge >= 0.3 is 0 Å². The highest BCUT2D eigenvalue weighted by atomic mass is 35.5. The zero-order valence-electron chi connectivity index (χ0n) is 11.7. The summed E-state index contributed by atoms with van der Waals surface area (Å²) in [6.45, 7) is 5.28. The Morgan fingerprint density at radius 2 is 1.94 bits per heavy atom. The van der Waals surface area contributed by atoms with E-state index in [1.807, 2.05) is 0 Å². The van der Waals surface area contributed by atoms with Gasteiger partial charge in [0.25, 0.3) is 0 Å². The lowest BCUT2D eigenvalue weighted by atomic mass is 9.81. The largest absolute Gasteiger partial charge is 0.356 e. The minimum Gasteiger partial charge on any atom is -0.356 e. The first kappa shape index (κ1) is 14.2. The smallest absolute Gasteiger partial charge is 0.223 e.